The van der Waals surface area contributed by atoms with E-state index in [0.29, 0.717) is 23.9 Å². The molecule has 0 bridgehead atoms. The van der Waals surface area contributed by atoms with Gasteiger partial charge in [-0.15, -0.1) is 0 Å². The van der Waals surface area contributed by atoms with Crippen molar-refractivity contribution in [3.8, 4) is 17.2 Å². The van der Waals surface area contributed by atoms with Gasteiger partial charge in [0.15, 0.2) is 6.10 Å². The molecule has 6 nitrogen and oxygen atoms in total. The summed E-state index contributed by atoms with van der Waals surface area (Å²) >= 11 is 0. The Hall–Kier alpha value is -4.06. The number of hydrogen-bond acceptors (Lipinski definition) is 5. The Morgan fingerprint density at radius 3 is 2.42 bits per heavy atom. The maximum Gasteiger partial charge on any atom is 0.344 e. The molecule has 0 aliphatic carbocycles. The van der Waals surface area contributed by atoms with Crippen LogP contribution in [0.4, 0.5) is 0 Å². The predicted molar refractivity (Wildman–Crippen MR) is 126 cm³/mol. The molecule has 4 aromatic rings. The summed E-state index contributed by atoms with van der Waals surface area (Å²) in [6.07, 6.45) is -0.953. The lowest BCUT2D eigenvalue weighted by Gasteiger charge is -2.17. The molecular formula is C27H25NO5. The molecule has 0 aliphatic heterocycles. The number of carboxylic acid groups (broad SMARTS) is 1. The summed E-state index contributed by atoms with van der Waals surface area (Å²) in [7, 11) is 0. The highest BCUT2D eigenvalue weighted by atomic mass is 16.5. The summed E-state index contributed by atoms with van der Waals surface area (Å²) in [5, 5.41) is 10.3. The Kier molecular flexibility index (Phi) is 6.74. The minimum absolute atomic E-state index is 0.235. The van der Waals surface area contributed by atoms with Crippen LogP contribution in [0.1, 0.15) is 23.7 Å². The Balaban J connectivity index is 1.41. The number of pyridine rings is 1. The van der Waals surface area contributed by atoms with E-state index in [1.807, 2.05) is 85.8 Å². The van der Waals surface area contributed by atoms with Crippen molar-refractivity contribution in [1.82, 2.24) is 4.98 Å². The quantitative estimate of drug-likeness (QED) is 0.365. The Bertz CT molecular complexity index is 1270. The standard InChI is InChI=1S/C27H25NO5/c1-18-7-5-9-21(26(18)33-19(2)27(29)30)16-31-23-10-6-11-24(15-23)32-17-22-14-13-20-8-3-4-12-25(20)28-22/h3-15,19H,16-17H2,1-2H3,(H,29,30). The highest BCUT2D eigenvalue weighted by Gasteiger charge is 2.17. The number of carbonyl (C=O) groups is 1. The summed E-state index contributed by atoms with van der Waals surface area (Å²) in [6.45, 7) is 3.96. The first-order valence-electron chi connectivity index (χ1n) is 10.7. The van der Waals surface area contributed by atoms with E-state index >= 15 is 0 Å². The van der Waals surface area contributed by atoms with Gasteiger partial charge >= 0.3 is 5.97 Å². The second kappa shape index (κ2) is 10.0. The lowest BCUT2D eigenvalue weighted by Crippen LogP contribution is -2.24. The average Bonchev–Trinajstić information content (AvgIpc) is 2.83. The molecule has 0 saturated carbocycles. The van der Waals surface area contributed by atoms with Gasteiger partial charge in [-0.1, -0.05) is 48.5 Å². The lowest BCUT2D eigenvalue weighted by molar-refractivity contribution is -0.144. The minimum Gasteiger partial charge on any atom is -0.489 e. The number of rotatable bonds is 9. The molecule has 6 heteroatoms. The van der Waals surface area contributed by atoms with Crippen LogP contribution in [0.15, 0.2) is 78.9 Å². The molecule has 0 fully saturated rings. The van der Waals surface area contributed by atoms with Crippen molar-refractivity contribution in [2.24, 2.45) is 0 Å². The molecule has 0 saturated heterocycles. The van der Waals surface area contributed by atoms with Crippen LogP contribution in [0.3, 0.4) is 0 Å². The summed E-state index contributed by atoms with van der Waals surface area (Å²) in [5.41, 5.74) is 3.40. The van der Waals surface area contributed by atoms with E-state index in [2.05, 4.69) is 4.98 Å². The van der Waals surface area contributed by atoms with E-state index in [-0.39, 0.29) is 6.61 Å². The number of nitrogens with zero attached hydrogens (tertiary/aromatic N) is 1. The molecule has 0 aliphatic rings. The monoisotopic (exact) mass is 443 g/mol. The van der Waals surface area contributed by atoms with Crippen molar-refractivity contribution in [3.05, 3.63) is 95.7 Å². The molecule has 168 valence electrons. The minimum atomic E-state index is -1.02. The maximum absolute atomic E-state index is 11.2. The predicted octanol–water partition coefficient (Wildman–Crippen LogP) is 5.55. The summed E-state index contributed by atoms with van der Waals surface area (Å²) in [6, 6.07) is 25.0. The highest BCUT2D eigenvalue weighted by Crippen LogP contribution is 2.27. The zero-order valence-corrected chi connectivity index (χ0v) is 18.5. The second-order valence-electron chi connectivity index (χ2n) is 7.71. The van der Waals surface area contributed by atoms with Crippen LogP contribution in [0, 0.1) is 6.92 Å². The van der Waals surface area contributed by atoms with Crippen molar-refractivity contribution < 1.29 is 24.1 Å². The largest absolute Gasteiger partial charge is 0.489 e. The fraction of sp³-hybridized carbons (Fsp3) is 0.185. The topological polar surface area (TPSA) is 77.9 Å². The molecule has 1 N–H and O–H groups in total. The Morgan fingerprint density at radius 2 is 1.64 bits per heavy atom. The van der Waals surface area contributed by atoms with E-state index in [0.717, 1.165) is 27.7 Å². The van der Waals surface area contributed by atoms with Gasteiger partial charge in [0.05, 0.1) is 11.2 Å². The first kappa shape index (κ1) is 22.1. The molecule has 0 radical (unpaired) electrons. The summed E-state index contributed by atoms with van der Waals surface area (Å²) < 4.78 is 17.5. The van der Waals surface area contributed by atoms with Gasteiger partial charge in [-0.05, 0) is 43.7 Å². The summed E-state index contributed by atoms with van der Waals surface area (Å²) in [5.74, 6) is 0.818. The number of carboxylic acids is 1. The van der Waals surface area contributed by atoms with E-state index in [1.54, 1.807) is 0 Å². The van der Waals surface area contributed by atoms with Gasteiger partial charge in [0.25, 0.3) is 0 Å². The number of fused-ring (bicyclic) bond motifs is 1. The van der Waals surface area contributed by atoms with Gasteiger partial charge in [-0.25, -0.2) is 9.78 Å². The van der Waals surface area contributed by atoms with Gasteiger partial charge < -0.3 is 19.3 Å². The van der Waals surface area contributed by atoms with Crippen LogP contribution >= 0.6 is 0 Å². The van der Waals surface area contributed by atoms with Gasteiger partial charge in [-0.2, -0.15) is 0 Å². The van der Waals surface area contributed by atoms with Gasteiger partial charge in [-0.3, -0.25) is 0 Å². The van der Waals surface area contributed by atoms with Crippen LogP contribution < -0.4 is 14.2 Å². The van der Waals surface area contributed by atoms with E-state index in [9.17, 15) is 9.90 Å². The van der Waals surface area contributed by atoms with Gasteiger partial charge in [0, 0.05) is 17.0 Å². The maximum atomic E-state index is 11.2. The third-order valence-electron chi connectivity index (χ3n) is 5.18. The molecule has 1 heterocycles. The number of para-hydroxylation sites is 2. The number of aryl methyl sites for hydroxylation is 1. The zero-order valence-electron chi connectivity index (χ0n) is 18.5. The average molecular weight is 443 g/mol. The van der Waals surface area contributed by atoms with E-state index in [1.165, 1.54) is 6.92 Å². The first-order chi connectivity index (χ1) is 16.0. The van der Waals surface area contributed by atoms with E-state index < -0.39 is 12.1 Å². The van der Waals surface area contributed by atoms with Gasteiger partial charge in [0.1, 0.15) is 30.5 Å². The highest BCUT2D eigenvalue weighted by molar-refractivity contribution is 5.78. The molecule has 1 atom stereocenters. The number of aromatic nitrogens is 1. The van der Waals surface area contributed by atoms with Crippen molar-refractivity contribution in [2.75, 3.05) is 0 Å². The van der Waals surface area contributed by atoms with E-state index in [4.69, 9.17) is 14.2 Å². The number of benzene rings is 3. The van der Waals surface area contributed by atoms with Gasteiger partial charge in [0.2, 0.25) is 0 Å². The van der Waals surface area contributed by atoms with Crippen LogP contribution in [-0.4, -0.2) is 22.2 Å². The molecule has 1 unspecified atom stereocenters. The molecule has 4 rings (SSSR count). The van der Waals surface area contributed by atoms with Crippen LogP contribution in [0.2, 0.25) is 0 Å². The molecule has 1 aromatic heterocycles. The smallest absolute Gasteiger partial charge is 0.344 e. The number of hydrogen-bond donors (Lipinski definition) is 1. The molecular weight excluding hydrogens is 418 g/mol. The van der Waals surface area contributed by atoms with Crippen molar-refractivity contribution in [2.45, 2.75) is 33.2 Å². The fourth-order valence-corrected chi connectivity index (χ4v) is 3.38. The first-order valence-corrected chi connectivity index (χ1v) is 10.7. The molecule has 0 spiro atoms. The normalized spacial score (nSPS) is 11.7. The molecule has 0 amide bonds. The summed E-state index contributed by atoms with van der Waals surface area (Å²) in [4.78, 5) is 15.8. The molecule has 33 heavy (non-hydrogen) atoms. The third kappa shape index (κ3) is 5.60. The molecule has 3 aromatic carbocycles. The third-order valence-corrected chi connectivity index (χ3v) is 5.18. The van der Waals surface area contributed by atoms with Crippen molar-refractivity contribution >= 4 is 16.9 Å². The number of aliphatic carboxylic acids is 1. The SMILES string of the molecule is Cc1cccc(COc2cccc(OCc3ccc4ccccc4n3)c2)c1OC(C)C(=O)O. The Labute approximate surface area is 192 Å². The Morgan fingerprint density at radius 1 is 0.909 bits per heavy atom. The van der Waals surface area contributed by atoms with Crippen LogP contribution in [0.5, 0.6) is 17.2 Å². The van der Waals surface area contributed by atoms with Crippen molar-refractivity contribution in [1.29, 1.82) is 0 Å². The zero-order chi connectivity index (χ0) is 23.2. The number of ether oxygens (including phenoxy) is 3. The fourth-order valence-electron chi connectivity index (χ4n) is 3.38. The van der Waals surface area contributed by atoms with Crippen LogP contribution in [-0.2, 0) is 18.0 Å². The lowest BCUT2D eigenvalue weighted by atomic mass is 10.1. The van der Waals surface area contributed by atoms with Crippen LogP contribution in [0.25, 0.3) is 10.9 Å². The second-order valence-corrected chi connectivity index (χ2v) is 7.71. The van der Waals surface area contributed by atoms with Crippen molar-refractivity contribution in [3.63, 3.8) is 0 Å².